The first-order chi connectivity index (χ1) is 19.2. The molecule has 4 aliphatic rings. The first kappa shape index (κ1) is 26.7. The highest BCUT2D eigenvalue weighted by Crippen LogP contribution is 2.61. The SMILES string of the molecule is C[C@@H]1C(N=C(Nc2ccc3c(=O)n(C)c(COc4ccc(F)cc4)nc3c2)N2CCNCC2)C[C@H]2C[C@@H]1C2(C)C. The van der Waals surface area contributed by atoms with Gasteiger partial charge < -0.3 is 20.3 Å². The molecule has 4 atom stereocenters. The van der Waals surface area contributed by atoms with Crippen LogP contribution in [0.15, 0.2) is 52.3 Å². The molecule has 2 N–H and O–H groups in total. The van der Waals surface area contributed by atoms with E-state index < -0.39 is 0 Å². The van der Waals surface area contributed by atoms with Crippen molar-refractivity contribution in [2.24, 2.45) is 35.2 Å². The molecule has 1 saturated heterocycles. The minimum absolute atomic E-state index is 0.0940. The Morgan fingerprint density at radius 3 is 2.62 bits per heavy atom. The molecule has 2 aromatic carbocycles. The Bertz CT molecular complexity index is 1480. The summed E-state index contributed by atoms with van der Waals surface area (Å²) in [5.41, 5.74) is 1.73. The fraction of sp³-hybridized carbons (Fsp3) is 0.516. The second kappa shape index (κ2) is 10.5. The van der Waals surface area contributed by atoms with E-state index >= 15 is 0 Å². The van der Waals surface area contributed by atoms with Gasteiger partial charge in [0.25, 0.3) is 5.56 Å². The molecule has 212 valence electrons. The summed E-state index contributed by atoms with van der Waals surface area (Å²) in [6.07, 6.45) is 2.46. The van der Waals surface area contributed by atoms with Gasteiger partial charge in [-0.1, -0.05) is 20.8 Å². The number of aromatic nitrogens is 2. The molecular weight excluding hydrogens is 507 g/mol. The minimum atomic E-state index is -0.328. The van der Waals surface area contributed by atoms with Gasteiger partial charge >= 0.3 is 0 Å². The first-order valence-corrected chi connectivity index (χ1v) is 14.4. The molecule has 4 fully saturated rings. The molecule has 1 aliphatic heterocycles. The predicted octanol–water partition coefficient (Wildman–Crippen LogP) is 4.40. The maximum absolute atomic E-state index is 13.3. The number of benzene rings is 2. The van der Waals surface area contributed by atoms with Crippen LogP contribution in [0.5, 0.6) is 5.75 Å². The Kier molecular flexibility index (Phi) is 7.02. The van der Waals surface area contributed by atoms with Crippen LogP contribution in [0.4, 0.5) is 10.1 Å². The summed E-state index contributed by atoms with van der Waals surface area (Å²) in [7, 11) is 1.69. The van der Waals surface area contributed by atoms with E-state index in [0.717, 1.165) is 56.1 Å². The number of aliphatic imine (C=N–C) groups is 1. The Balaban J connectivity index is 1.27. The van der Waals surface area contributed by atoms with Crippen molar-refractivity contribution in [2.45, 2.75) is 46.3 Å². The normalized spacial score (nSPS) is 25.9. The molecule has 2 heterocycles. The second-order valence-electron chi connectivity index (χ2n) is 12.2. The van der Waals surface area contributed by atoms with E-state index in [1.165, 1.54) is 23.1 Å². The van der Waals surface area contributed by atoms with E-state index in [0.29, 0.717) is 39.9 Å². The zero-order chi connectivity index (χ0) is 28.0. The molecule has 1 unspecified atom stereocenters. The molecule has 2 bridgehead atoms. The van der Waals surface area contributed by atoms with Crippen molar-refractivity contribution in [3.63, 3.8) is 0 Å². The van der Waals surface area contributed by atoms with Gasteiger partial charge in [0.1, 0.15) is 24.0 Å². The number of guanidine groups is 1. The summed E-state index contributed by atoms with van der Waals surface area (Å²) in [5.74, 6) is 3.59. The third-order valence-corrected chi connectivity index (χ3v) is 9.63. The van der Waals surface area contributed by atoms with Gasteiger partial charge in [0.15, 0.2) is 5.96 Å². The lowest BCUT2D eigenvalue weighted by Gasteiger charge is -2.61. The van der Waals surface area contributed by atoms with E-state index in [2.05, 4.69) is 36.3 Å². The van der Waals surface area contributed by atoms with E-state index in [-0.39, 0.29) is 18.0 Å². The average Bonchev–Trinajstić information content (AvgIpc) is 2.95. The smallest absolute Gasteiger partial charge is 0.261 e. The van der Waals surface area contributed by atoms with Crippen molar-refractivity contribution >= 4 is 22.5 Å². The molecule has 40 heavy (non-hydrogen) atoms. The number of fused-ring (bicyclic) bond motifs is 3. The highest BCUT2D eigenvalue weighted by molar-refractivity contribution is 5.96. The van der Waals surface area contributed by atoms with Gasteiger partial charge in [0, 0.05) is 38.9 Å². The van der Waals surface area contributed by atoms with Crippen molar-refractivity contribution in [2.75, 3.05) is 31.5 Å². The number of ether oxygens (including phenoxy) is 1. The van der Waals surface area contributed by atoms with E-state index in [1.54, 1.807) is 19.2 Å². The van der Waals surface area contributed by atoms with Crippen molar-refractivity contribution in [1.82, 2.24) is 19.8 Å². The van der Waals surface area contributed by atoms with Crippen LogP contribution in [0.2, 0.25) is 0 Å². The van der Waals surface area contributed by atoms with Crippen LogP contribution >= 0.6 is 0 Å². The quantitative estimate of drug-likeness (QED) is 0.365. The number of halogens is 1. The van der Waals surface area contributed by atoms with Crippen LogP contribution in [-0.4, -0.2) is 52.6 Å². The summed E-state index contributed by atoms with van der Waals surface area (Å²) in [6, 6.07) is 11.8. The van der Waals surface area contributed by atoms with Gasteiger partial charge in [-0.25, -0.2) is 14.4 Å². The molecule has 1 aromatic heterocycles. The fourth-order valence-corrected chi connectivity index (χ4v) is 6.85. The van der Waals surface area contributed by atoms with Crippen molar-refractivity contribution in [3.8, 4) is 5.75 Å². The van der Waals surface area contributed by atoms with Crippen LogP contribution in [0, 0.1) is 29.0 Å². The topological polar surface area (TPSA) is 83.8 Å². The number of anilines is 1. The summed E-state index contributed by atoms with van der Waals surface area (Å²) in [5, 5.41) is 7.59. The van der Waals surface area contributed by atoms with E-state index in [1.807, 2.05) is 18.2 Å². The summed E-state index contributed by atoms with van der Waals surface area (Å²) in [6.45, 7) is 10.9. The molecular formula is C31H39FN6O2. The molecule has 3 aliphatic carbocycles. The number of hydrogen-bond acceptors (Lipinski definition) is 5. The van der Waals surface area contributed by atoms with Crippen LogP contribution in [-0.2, 0) is 13.7 Å². The van der Waals surface area contributed by atoms with Crippen LogP contribution < -0.4 is 20.9 Å². The molecule has 0 amide bonds. The zero-order valence-electron chi connectivity index (χ0n) is 23.8. The number of rotatable bonds is 5. The van der Waals surface area contributed by atoms with E-state index in [4.69, 9.17) is 14.7 Å². The Hall–Kier alpha value is -3.46. The van der Waals surface area contributed by atoms with Gasteiger partial charge in [-0.15, -0.1) is 0 Å². The van der Waals surface area contributed by atoms with Gasteiger partial charge in [0.2, 0.25) is 0 Å². The van der Waals surface area contributed by atoms with Gasteiger partial charge in [-0.05, 0) is 78.5 Å². The third-order valence-electron chi connectivity index (χ3n) is 9.63. The summed E-state index contributed by atoms with van der Waals surface area (Å²) in [4.78, 5) is 25.6. The lowest BCUT2D eigenvalue weighted by atomic mass is 9.45. The molecule has 8 nitrogen and oxygen atoms in total. The monoisotopic (exact) mass is 546 g/mol. The summed E-state index contributed by atoms with van der Waals surface area (Å²) >= 11 is 0. The highest BCUT2D eigenvalue weighted by Gasteiger charge is 2.56. The second-order valence-corrected chi connectivity index (χ2v) is 12.2. The molecule has 0 radical (unpaired) electrons. The largest absolute Gasteiger partial charge is 0.486 e. The van der Waals surface area contributed by atoms with Crippen LogP contribution in [0.1, 0.15) is 39.4 Å². The van der Waals surface area contributed by atoms with Crippen LogP contribution in [0.25, 0.3) is 10.9 Å². The Morgan fingerprint density at radius 2 is 1.93 bits per heavy atom. The number of piperazine rings is 1. The lowest BCUT2D eigenvalue weighted by Crippen LogP contribution is -2.57. The minimum Gasteiger partial charge on any atom is -0.486 e. The summed E-state index contributed by atoms with van der Waals surface area (Å²) < 4.78 is 20.5. The van der Waals surface area contributed by atoms with Crippen LogP contribution in [0.3, 0.4) is 0 Å². The fourth-order valence-electron chi connectivity index (χ4n) is 6.85. The Labute approximate surface area is 234 Å². The third kappa shape index (κ3) is 4.96. The molecule has 9 heteroatoms. The molecule has 0 spiro atoms. The first-order valence-electron chi connectivity index (χ1n) is 14.4. The predicted molar refractivity (Wildman–Crippen MR) is 156 cm³/mol. The zero-order valence-corrected chi connectivity index (χ0v) is 23.8. The maximum atomic E-state index is 13.3. The number of hydrogen-bond donors (Lipinski definition) is 2. The van der Waals surface area contributed by atoms with Gasteiger partial charge in [-0.3, -0.25) is 9.36 Å². The number of nitrogens with zero attached hydrogens (tertiary/aromatic N) is 4. The molecule has 3 saturated carbocycles. The number of nitrogens with one attached hydrogen (secondary N) is 2. The lowest BCUT2D eigenvalue weighted by molar-refractivity contribution is -0.108. The Morgan fingerprint density at radius 1 is 1.18 bits per heavy atom. The van der Waals surface area contributed by atoms with Gasteiger partial charge in [-0.2, -0.15) is 0 Å². The van der Waals surface area contributed by atoms with Crippen molar-refractivity contribution in [1.29, 1.82) is 0 Å². The van der Waals surface area contributed by atoms with Crippen molar-refractivity contribution in [3.05, 3.63) is 64.5 Å². The highest BCUT2D eigenvalue weighted by atomic mass is 19.1. The molecule has 3 aromatic rings. The van der Waals surface area contributed by atoms with E-state index in [9.17, 15) is 9.18 Å². The maximum Gasteiger partial charge on any atom is 0.261 e. The van der Waals surface area contributed by atoms with Gasteiger partial charge in [0.05, 0.1) is 16.9 Å². The average molecular weight is 547 g/mol. The standard InChI is InChI=1S/C31H39FN6O2/c1-19-25-15-20(31(25,2)3)16-26(19)36-30(38-13-11-33-12-14-38)34-22-7-10-24-27(17-22)35-28(37(4)29(24)39)18-40-23-8-5-21(32)6-9-23/h5-10,17,19-20,25-26,33H,11-16,18H2,1-4H3,(H,34,36)/t19-,20+,25-,26?/m0/s1. The molecule has 7 rings (SSSR count). The van der Waals surface area contributed by atoms with Crippen molar-refractivity contribution < 1.29 is 9.13 Å².